The number of carbonyl (C=O) groups excluding carboxylic acids is 1. The average Bonchev–Trinajstić information content (AvgIpc) is 3.02. The molecule has 0 saturated heterocycles. The van der Waals surface area contributed by atoms with E-state index in [-0.39, 0.29) is 29.7 Å². The number of carbonyl (C=O) groups is 1. The number of rotatable bonds is 10. The third-order valence-electron chi connectivity index (χ3n) is 7.07. The van der Waals surface area contributed by atoms with E-state index >= 15 is 0 Å². The van der Waals surface area contributed by atoms with Crippen molar-refractivity contribution in [1.29, 1.82) is 0 Å². The number of nitrogen functional groups attached to an aromatic ring is 1. The Morgan fingerprint density at radius 2 is 1.52 bits per heavy atom. The van der Waals surface area contributed by atoms with Gasteiger partial charge in [-0.2, -0.15) is 0 Å². The highest BCUT2D eigenvalue weighted by Crippen LogP contribution is 2.35. The number of pyridine rings is 2. The van der Waals surface area contributed by atoms with Crippen LogP contribution < -0.4 is 20.6 Å². The number of alkyl halides is 1. The molecule has 0 aliphatic heterocycles. The first-order valence-electron chi connectivity index (χ1n) is 13.4. The molecule has 2 N–H and O–H groups in total. The zero-order valence-corrected chi connectivity index (χ0v) is 23.3. The number of ketones is 1. The Kier molecular flexibility index (Phi) is 8.43. The minimum Gasteiger partial charge on any atom is -0.493 e. The lowest BCUT2D eigenvalue weighted by Gasteiger charge is -2.12. The summed E-state index contributed by atoms with van der Waals surface area (Å²) in [5.74, 6) is 1.26. The summed E-state index contributed by atoms with van der Waals surface area (Å²) in [6.07, 6.45) is 4.75. The van der Waals surface area contributed by atoms with Crippen LogP contribution in [0.25, 0.3) is 33.4 Å². The quantitative estimate of drug-likeness (QED) is 0.202. The first-order valence-corrected chi connectivity index (χ1v) is 13.4. The van der Waals surface area contributed by atoms with Gasteiger partial charge in [-0.3, -0.25) is 9.59 Å². The summed E-state index contributed by atoms with van der Waals surface area (Å²) in [7, 11) is 3.17. The van der Waals surface area contributed by atoms with Crippen LogP contribution in [0.2, 0.25) is 0 Å². The van der Waals surface area contributed by atoms with Gasteiger partial charge in [-0.05, 0) is 40.5 Å². The van der Waals surface area contributed by atoms with Gasteiger partial charge >= 0.3 is 0 Å². The largest absolute Gasteiger partial charge is 0.493 e. The molecule has 0 radical (unpaired) electrons. The maximum Gasteiger partial charge on any atom is 0.200 e. The van der Waals surface area contributed by atoms with Gasteiger partial charge in [0.25, 0.3) is 0 Å². The van der Waals surface area contributed by atoms with Crippen LogP contribution in [0.4, 0.5) is 10.2 Å². The van der Waals surface area contributed by atoms with Gasteiger partial charge in [0.15, 0.2) is 22.7 Å². The molecule has 0 spiro atoms. The molecule has 42 heavy (non-hydrogen) atoms. The maximum atomic E-state index is 13.3. The molecule has 5 rings (SSSR count). The van der Waals surface area contributed by atoms with Crippen molar-refractivity contribution in [1.82, 2.24) is 9.55 Å². The Labute approximate surface area is 243 Å². The van der Waals surface area contributed by atoms with Crippen molar-refractivity contribution in [2.75, 3.05) is 26.6 Å². The number of hydrogen-bond donors (Lipinski definition) is 1. The van der Waals surface area contributed by atoms with Gasteiger partial charge in [-0.1, -0.05) is 60.7 Å². The van der Waals surface area contributed by atoms with E-state index in [0.717, 1.165) is 27.8 Å². The van der Waals surface area contributed by atoms with Gasteiger partial charge in [-0.25, -0.2) is 9.37 Å². The smallest absolute Gasteiger partial charge is 0.200 e. The standard InChI is InChI=1S/C34H30FN3O4/c1-41-31-13-12-25(18-32(31)42-2)26-17-27(34(36)37-19-26)24-10-8-22(9-11-24)16-30(39)29-21-38(15-14-35)20-28(33(29)40)23-6-4-3-5-7-23/h3-13,17-21H,14-16H2,1-2H3,(H2,36,37). The number of benzene rings is 3. The number of nitrogens with zero attached hydrogens (tertiary/aromatic N) is 2. The van der Waals surface area contributed by atoms with Crippen molar-refractivity contribution in [2.24, 2.45) is 0 Å². The number of methoxy groups -OCH3 is 2. The number of aromatic nitrogens is 2. The monoisotopic (exact) mass is 563 g/mol. The molecule has 0 atom stereocenters. The summed E-state index contributed by atoms with van der Waals surface area (Å²) in [6.45, 7) is -0.565. The van der Waals surface area contributed by atoms with Gasteiger partial charge in [0.1, 0.15) is 12.5 Å². The second-order valence-electron chi connectivity index (χ2n) is 9.73. The third-order valence-corrected chi connectivity index (χ3v) is 7.07. The Bertz CT molecular complexity index is 1780. The van der Waals surface area contributed by atoms with E-state index in [2.05, 4.69) is 4.98 Å². The lowest BCUT2D eigenvalue weighted by molar-refractivity contribution is 0.0991. The second kappa shape index (κ2) is 12.5. The zero-order valence-electron chi connectivity index (χ0n) is 23.3. The Morgan fingerprint density at radius 1 is 0.833 bits per heavy atom. The summed E-state index contributed by atoms with van der Waals surface area (Å²) in [6, 6.07) is 24.0. The molecular weight excluding hydrogens is 533 g/mol. The molecule has 0 saturated carbocycles. The van der Waals surface area contributed by atoms with Crippen LogP contribution in [0, 0.1) is 0 Å². The highest BCUT2D eigenvalue weighted by Gasteiger charge is 2.17. The fraction of sp³-hybridized carbons (Fsp3) is 0.147. The van der Waals surface area contributed by atoms with Gasteiger partial charge < -0.3 is 19.8 Å². The van der Waals surface area contributed by atoms with Crippen molar-refractivity contribution < 1.29 is 18.7 Å². The van der Waals surface area contributed by atoms with Crippen molar-refractivity contribution in [3.05, 3.63) is 119 Å². The summed E-state index contributed by atoms with van der Waals surface area (Å²) >= 11 is 0. The second-order valence-corrected chi connectivity index (χ2v) is 9.73. The summed E-state index contributed by atoms with van der Waals surface area (Å²) in [4.78, 5) is 31.0. The van der Waals surface area contributed by atoms with Crippen molar-refractivity contribution in [2.45, 2.75) is 13.0 Å². The molecule has 5 aromatic rings. The fourth-order valence-corrected chi connectivity index (χ4v) is 4.84. The fourth-order valence-electron chi connectivity index (χ4n) is 4.84. The molecule has 8 heteroatoms. The minimum absolute atomic E-state index is 0.0167. The Balaban J connectivity index is 1.41. The van der Waals surface area contributed by atoms with E-state index in [4.69, 9.17) is 15.2 Å². The average molecular weight is 564 g/mol. The molecule has 0 amide bonds. The molecule has 2 heterocycles. The molecule has 2 aromatic heterocycles. The molecular formula is C34H30FN3O4. The van der Waals surface area contributed by atoms with E-state index in [9.17, 15) is 14.0 Å². The lowest BCUT2D eigenvalue weighted by Crippen LogP contribution is -2.21. The zero-order chi connectivity index (χ0) is 29.6. The Morgan fingerprint density at radius 3 is 2.21 bits per heavy atom. The lowest BCUT2D eigenvalue weighted by atomic mass is 9.97. The van der Waals surface area contributed by atoms with Gasteiger partial charge in [0.05, 0.1) is 26.3 Å². The number of anilines is 1. The van der Waals surface area contributed by atoms with Crippen molar-refractivity contribution in [3.63, 3.8) is 0 Å². The van der Waals surface area contributed by atoms with Crippen LogP contribution in [0.1, 0.15) is 15.9 Å². The topological polar surface area (TPSA) is 96.4 Å². The van der Waals surface area contributed by atoms with Crippen LogP contribution in [0.5, 0.6) is 11.5 Å². The highest BCUT2D eigenvalue weighted by atomic mass is 19.1. The molecule has 7 nitrogen and oxygen atoms in total. The first-order chi connectivity index (χ1) is 20.4. The minimum atomic E-state index is -0.614. The van der Waals surface area contributed by atoms with E-state index in [1.807, 2.05) is 66.7 Å². The summed E-state index contributed by atoms with van der Waals surface area (Å²) < 4.78 is 25.5. The Hall–Kier alpha value is -5.24. The van der Waals surface area contributed by atoms with Crippen LogP contribution in [-0.4, -0.2) is 36.2 Å². The molecule has 0 unspecified atom stereocenters. The van der Waals surface area contributed by atoms with Gasteiger partial charge in [0.2, 0.25) is 0 Å². The van der Waals surface area contributed by atoms with Crippen molar-refractivity contribution >= 4 is 11.6 Å². The molecule has 0 bridgehead atoms. The van der Waals surface area contributed by atoms with Gasteiger partial charge in [0, 0.05) is 41.7 Å². The first kappa shape index (κ1) is 28.3. The number of halogens is 1. The highest BCUT2D eigenvalue weighted by molar-refractivity contribution is 5.98. The number of Topliss-reactive ketones (excluding diaryl/α,β-unsaturated/α-hetero) is 1. The van der Waals surface area contributed by atoms with Crippen LogP contribution in [0.15, 0.2) is 102 Å². The van der Waals surface area contributed by atoms with E-state index in [0.29, 0.717) is 28.4 Å². The van der Waals surface area contributed by atoms with E-state index in [1.165, 1.54) is 6.20 Å². The van der Waals surface area contributed by atoms with E-state index in [1.54, 1.807) is 43.3 Å². The third kappa shape index (κ3) is 5.93. The predicted octanol–water partition coefficient (Wildman–Crippen LogP) is 6.24. The number of ether oxygens (including phenoxy) is 2. The normalized spacial score (nSPS) is 10.8. The number of hydrogen-bond acceptors (Lipinski definition) is 6. The molecule has 3 aromatic carbocycles. The van der Waals surface area contributed by atoms with Crippen LogP contribution in [-0.2, 0) is 13.0 Å². The molecule has 0 fully saturated rings. The van der Waals surface area contributed by atoms with Gasteiger partial charge in [-0.15, -0.1) is 0 Å². The molecule has 212 valence electrons. The van der Waals surface area contributed by atoms with Crippen LogP contribution >= 0.6 is 0 Å². The maximum absolute atomic E-state index is 13.3. The van der Waals surface area contributed by atoms with Crippen LogP contribution in [0.3, 0.4) is 0 Å². The van der Waals surface area contributed by atoms with E-state index < -0.39 is 6.67 Å². The summed E-state index contributed by atoms with van der Waals surface area (Å²) in [5.41, 5.74) is 11.0. The SMILES string of the molecule is COc1ccc(-c2cnc(N)c(-c3ccc(CC(=O)c4cn(CCF)cc(-c5ccccc5)c4=O)cc3)c2)cc1OC. The summed E-state index contributed by atoms with van der Waals surface area (Å²) in [5, 5.41) is 0. The predicted molar refractivity (Wildman–Crippen MR) is 163 cm³/mol. The number of aryl methyl sites for hydroxylation is 1. The number of nitrogens with two attached hydrogens (primary N) is 1. The van der Waals surface area contributed by atoms with Crippen molar-refractivity contribution in [3.8, 4) is 44.9 Å². The molecule has 0 aliphatic carbocycles. The molecule has 0 aliphatic rings.